The van der Waals surface area contributed by atoms with E-state index in [0.29, 0.717) is 11.5 Å². The molecule has 0 radical (unpaired) electrons. The molecule has 0 spiro atoms. The Balaban J connectivity index is 1.41. The third kappa shape index (κ3) is 4.16. The number of nitrogens with zero attached hydrogens (tertiary/aromatic N) is 5. The Morgan fingerprint density at radius 3 is 2.39 bits per heavy atom. The van der Waals surface area contributed by atoms with Crippen molar-refractivity contribution in [2.45, 2.75) is 45.1 Å². The van der Waals surface area contributed by atoms with Gasteiger partial charge in [0, 0.05) is 47.9 Å². The molecule has 168 valence electrons. The lowest BCUT2D eigenvalue weighted by Gasteiger charge is -2.42. The van der Waals surface area contributed by atoms with E-state index in [1.54, 1.807) is 0 Å². The third-order valence-electron chi connectivity index (χ3n) is 7.12. The summed E-state index contributed by atoms with van der Waals surface area (Å²) in [5, 5.41) is 20.5. The molecule has 33 heavy (non-hydrogen) atoms. The van der Waals surface area contributed by atoms with Crippen molar-refractivity contribution in [1.29, 1.82) is 5.26 Å². The molecule has 1 aliphatic carbocycles. The first-order valence-corrected chi connectivity index (χ1v) is 12.0. The zero-order valence-electron chi connectivity index (χ0n) is 19.1. The van der Waals surface area contributed by atoms with Crippen LogP contribution in [0.5, 0.6) is 0 Å². The van der Waals surface area contributed by atoms with Crippen molar-refractivity contribution in [1.82, 2.24) is 15.1 Å². The van der Waals surface area contributed by atoms with E-state index < -0.39 is 0 Å². The molecule has 2 aliphatic rings. The molecule has 6 nitrogen and oxygen atoms in total. The molecule has 0 N–H and O–H groups in total. The van der Waals surface area contributed by atoms with Crippen molar-refractivity contribution < 1.29 is 4.79 Å². The normalized spacial score (nSPS) is 19.5. The number of carbonyl (C=O) groups is 1. The van der Waals surface area contributed by atoms with Crippen LogP contribution in [0.15, 0.2) is 48.5 Å². The van der Waals surface area contributed by atoms with Crippen molar-refractivity contribution >= 4 is 22.5 Å². The second kappa shape index (κ2) is 9.19. The van der Waals surface area contributed by atoms with Gasteiger partial charge in [-0.2, -0.15) is 5.26 Å². The van der Waals surface area contributed by atoms with Gasteiger partial charge in [-0.05, 0) is 31.9 Å². The first-order valence-electron chi connectivity index (χ1n) is 12.0. The number of benzene rings is 2. The van der Waals surface area contributed by atoms with Crippen LogP contribution in [0.2, 0.25) is 0 Å². The Kier molecular flexibility index (Phi) is 5.95. The van der Waals surface area contributed by atoms with Crippen LogP contribution >= 0.6 is 0 Å². The zero-order chi connectivity index (χ0) is 22.8. The molecule has 1 amide bonds. The minimum atomic E-state index is 0.171. The largest absolute Gasteiger partial charge is 0.348 e. The maximum absolute atomic E-state index is 13.1. The molecule has 2 fully saturated rings. The summed E-state index contributed by atoms with van der Waals surface area (Å²) in [4.78, 5) is 17.4. The number of amides is 1. The van der Waals surface area contributed by atoms with Crippen molar-refractivity contribution in [3.8, 4) is 17.3 Å². The molecule has 1 aliphatic heterocycles. The molecule has 1 saturated heterocycles. The molecular formula is C27H29N5O. The van der Waals surface area contributed by atoms with E-state index in [-0.39, 0.29) is 12.0 Å². The number of nitriles is 1. The predicted octanol–water partition coefficient (Wildman–Crippen LogP) is 4.79. The van der Waals surface area contributed by atoms with Crippen molar-refractivity contribution in [3.05, 3.63) is 54.1 Å². The lowest BCUT2D eigenvalue weighted by Crippen LogP contribution is -2.55. The molecule has 1 saturated carbocycles. The minimum absolute atomic E-state index is 0.171. The van der Waals surface area contributed by atoms with Crippen LogP contribution in [0.4, 0.5) is 5.82 Å². The van der Waals surface area contributed by atoms with Gasteiger partial charge in [0.25, 0.3) is 0 Å². The van der Waals surface area contributed by atoms with Gasteiger partial charge in [0.15, 0.2) is 5.82 Å². The maximum Gasteiger partial charge on any atom is 0.225 e. The third-order valence-corrected chi connectivity index (χ3v) is 7.12. The number of hydrogen-bond donors (Lipinski definition) is 0. The highest BCUT2D eigenvalue weighted by atomic mass is 16.2. The van der Waals surface area contributed by atoms with E-state index in [2.05, 4.69) is 45.1 Å². The van der Waals surface area contributed by atoms with E-state index in [9.17, 15) is 4.79 Å². The summed E-state index contributed by atoms with van der Waals surface area (Å²) in [6.07, 6.45) is 5.71. The number of carbonyl (C=O) groups excluding carboxylic acids is 1. The second-order valence-electron chi connectivity index (χ2n) is 9.27. The van der Waals surface area contributed by atoms with E-state index in [1.807, 2.05) is 36.4 Å². The van der Waals surface area contributed by atoms with Gasteiger partial charge >= 0.3 is 0 Å². The summed E-state index contributed by atoms with van der Waals surface area (Å²) in [5.74, 6) is 1.43. The highest BCUT2D eigenvalue weighted by Gasteiger charge is 2.32. The van der Waals surface area contributed by atoms with Crippen molar-refractivity contribution in [2.24, 2.45) is 5.92 Å². The topological polar surface area (TPSA) is 73.1 Å². The van der Waals surface area contributed by atoms with Crippen LogP contribution < -0.4 is 4.90 Å². The van der Waals surface area contributed by atoms with Gasteiger partial charge in [-0.1, -0.05) is 55.7 Å². The highest BCUT2D eigenvalue weighted by molar-refractivity contribution is 6.00. The summed E-state index contributed by atoms with van der Waals surface area (Å²) in [6.45, 7) is 4.38. The average Bonchev–Trinajstić information content (AvgIpc) is 2.88. The summed E-state index contributed by atoms with van der Waals surface area (Å²) < 4.78 is 0. The van der Waals surface area contributed by atoms with E-state index in [1.165, 1.54) is 19.3 Å². The first kappa shape index (κ1) is 21.4. The standard InChI is InChI=1S/C27H29N5O/c1-19-18-31(27(33)22-7-3-2-4-8-22)15-16-32(19)26-24-10-6-5-9-23(24)25(29-30-26)21-13-11-20(17-28)12-14-21/h5-6,9-14,19,22H,2-4,7-8,15-16,18H2,1H3/t19-/m1/s1. The molecule has 0 unspecified atom stereocenters. The molecule has 3 aromatic rings. The smallest absolute Gasteiger partial charge is 0.225 e. The maximum atomic E-state index is 13.1. The lowest BCUT2D eigenvalue weighted by atomic mass is 9.88. The quantitative estimate of drug-likeness (QED) is 0.587. The van der Waals surface area contributed by atoms with Gasteiger partial charge in [-0.3, -0.25) is 4.79 Å². The van der Waals surface area contributed by atoms with Crippen LogP contribution in [-0.4, -0.2) is 46.7 Å². The second-order valence-corrected chi connectivity index (χ2v) is 9.27. The highest BCUT2D eigenvalue weighted by Crippen LogP contribution is 2.33. The predicted molar refractivity (Wildman–Crippen MR) is 130 cm³/mol. The van der Waals surface area contributed by atoms with Crippen LogP contribution in [0, 0.1) is 17.2 Å². The summed E-state index contributed by atoms with van der Waals surface area (Å²) in [5.41, 5.74) is 2.39. The number of anilines is 1. The Labute approximate surface area is 194 Å². The summed E-state index contributed by atoms with van der Waals surface area (Å²) in [7, 11) is 0. The molecule has 2 aromatic carbocycles. The van der Waals surface area contributed by atoms with Gasteiger partial charge in [0.1, 0.15) is 5.69 Å². The van der Waals surface area contributed by atoms with Crippen LogP contribution in [0.3, 0.4) is 0 Å². The molecular weight excluding hydrogens is 410 g/mol. The Bertz CT molecular complexity index is 1190. The number of aromatic nitrogens is 2. The average molecular weight is 440 g/mol. The van der Waals surface area contributed by atoms with E-state index in [0.717, 1.165) is 60.3 Å². The first-order chi connectivity index (χ1) is 16.2. The van der Waals surface area contributed by atoms with Crippen LogP contribution in [0.1, 0.15) is 44.6 Å². The van der Waals surface area contributed by atoms with Gasteiger partial charge in [-0.15, -0.1) is 10.2 Å². The Morgan fingerprint density at radius 1 is 0.970 bits per heavy atom. The van der Waals surface area contributed by atoms with Crippen LogP contribution in [-0.2, 0) is 4.79 Å². The Morgan fingerprint density at radius 2 is 1.70 bits per heavy atom. The molecule has 1 aromatic heterocycles. The molecule has 0 bridgehead atoms. The number of piperazine rings is 1. The SMILES string of the molecule is C[C@@H]1CN(C(=O)C2CCCCC2)CCN1c1nnc(-c2ccc(C#N)cc2)c2ccccc12. The van der Waals surface area contributed by atoms with Crippen LogP contribution in [0.25, 0.3) is 22.0 Å². The monoisotopic (exact) mass is 439 g/mol. The van der Waals surface area contributed by atoms with Crippen molar-refractivity contribution in [2.75, 3.05) is 24.5 Å². The van der Waals surface area contributed by atoms with Gasteiger partial charge in [0.05, 0.1) is 11.6 Å². The van der Waals surface area contributed by atoms with E-state index >= 15 is 0 Å². The number of fused-ring (bicyclic) bond motifs is 1. The lowest BCUT2D eigenvalue weighted by molar-refractivity contribution is -0.137. The van der Waals surface area contributed by atoms with Gasteiger partial charge < -0.3 is 9.80 Å². The zero-order valence-corrected chi connectivity index (χ0v) is 19.1. The van der Waals surface area contributed by atoms with Crippen molar-refractivity contribution in [3.63, 3.8) is 0 Å². The summed E-state index contributed by atoms with van der Waals surface area (Å²) >= 11 is 0. The molecule has 2 heterocycles. The molecule has 1 atom stereocenters. The van der Waals surface area contributed by atoms with Gasteiger partial charge in [-0.25, -0.2) is 0 Å². The number of rotatable bonds is 3. The fourth-order valence-corrected chi connectivity index (χ4v) is 5.30. The fourth-order valence-electron chi connectivity index (χ4n) is 5.30. The van der Waals surface area contributed by atoms with E-state index in [4.69, 9.17) is 5.26 Å². The van der Waals surface area contributed by atoms with Gasteiger partial charge in [0.2, 0.25) is 5.91 Å². The molecule has 5 rings (SSSR count). The minimum Gasteiger partial charge on any atom is -0.348 e. The molecule has 6 heteroatoms. The summed E-state index contributed by atoms with van der Waals surface area (Å²) in [6, 6.07) is 18.0. The number of hydrogen-bond acceptors (Lipinski definition) is 5. The Hall–Kier alpha value is -3.46. The fraction of sp³-hybridized carbons (Fsp3) is 0.407.